The van der Waals surface area contributed by atoms with Gasteiger partial charge < -0.3 is 9.80 Å². The van der Waals surface area contributed by atoms with E-state index >= 15 is 0 Å². The van der Waals surface area contributed by atoms with Crippen molar-refractivity contribution in [1.29, 1.82) is 0 Å². The van der Waals surface area contributed by atoms with Crippen LogP contribution in [0.3, 0.4) is 0 Å². The molecule has 8 rings (SSSR count). The number of piperidine rings is 1. The third kappa shape index (κ3) is 10.1. The smallest absolute Gasteiger partial charge is 0.359 e. The highest BCUT2D eigenvalue weighted by atomic mass is 35.5. The van der Waals surface area contributed by atoms with Gasteiger partial charge in [0.2, 0.25) is 5.69 Å². The molecule has 19 heteroatoms. The highest BCUT2D eigenvalue weighted by Crippen LogP contribution is 2.54. The van der Waals surface area contributed by atoms with Crippen molar-refractivity contribution in [2.45, 2.75) is 77.5 Å². The summed E-state index contributed by atoms with van der Waals surface area (Å²) in [6.45, 7) is 6.66. The van der Waals surface area contributed by atoms with Crippen molar-refractivity contribution in [3.63, 3.8) is 0 Å². The van der Waals surface area contributed by atoms with Crippen molar-refractivity contribution < 1.29 is 35.3 Å². The highest BCUT2D eigenvalue weighted by Gasteiger charge is 2.58. The zero-order valence-electron chi connectivity index (χ0n) is 37.1. The second kappa shape index (κ2) is 18.5. The molecule has 2 fully saturated rings. The second-order valence-corrected chi connectivity index (χ2v) is 25.1. The number of aromatic nitrogens is 2. The number of halogens is 5. The van der Waals surface area contributed by atoms with Crippen LogP contribution in [0.25, 0.3) is 11.1 Å². The topological polar surface area (TPSA) is 123 Å². The van der Waals surface area contributed by atoms with Crippen LogP contribution in [0.15, 0.2) is 99.6 Å². The summed E-state index contributed by atoms with van der Waals surface area (Å²) in [5, 5.41) is 0.730. The molecule has 0 spiro atoms. The number of nitrogens with zero attached hydrogens (tertiary/aromatic N) is 6. The van der Waals surface area contributed by atoms with E-state index in [0.29, 0.717) is 65.6 Å². The minimum absolute atomic E-state index is 0.0331. The molecule has 1 unspecified atom stereocenters. The Morgan fingerprint density at radius 3 is 2.44 bits per heavy atom. The van der Waals surface area contributed by atoms with Gasteiger partial charge in [-0.05, 0) is 119 Å². The fraction of sp³-hybridized carbons (Fsp3) is 0.404. The maximum Gasteiger partial charge on any atom is 0.496 e. The number of hydrogen-bond acceptors (Lipinski definition) is 9. The molecule has 0 aliphatic carbocycles. The normalized spacial score (nSPS) is 19.3. The maximum atomic E-state index is 14.8. The molecule has 1 atom stereocenters. The zero-order chi connectivity index (χ0) is 47.3. The monoisotopic (exact) mass is 1000 g/mol. The summed E-state index contributed by atoms with van der Waals surface area (Å²) < 4.78 is 100. The molecule has 66 heavy (non-hydrogen) atoms. The summed E-state index contributed by atoms with van der Waals surface area (Å²) in [5.41, 5.74) is -0.418. The van der Waals surface area contributed by atoms with E-state index in [4.69, 9.17) is 23.2 Å². The average Bonchev–Trinajstić information content (AvgIpc) is 4.00. The number of likely N-dealkylation sites (tertiary alicyclic amines) is 1. The van der Waals surface area contributed by atoms with Crippen LogP contribution in [-0.4, -0.2) is 113 Å². The molecule has 2 N–H and O–H groups in total. The van der Waals surface area contributed by atoms with Crippen molar-refractivity contribution >= 4 is 65.8 Å². The van der Waals surface area contributed by atoms with Gasteiger partial charge in [0.05, 0.1) is 43.2 Å². The predicted molar refractivity (Wildman–Crippen MR) is 256 cm³/mol. The van der Waals surface area contributed by atoms with Crippen LogP contribution in [0, 0.1) is 13.3 Å². The van der Waals surface area contributed by atoms with Gasteiger partial charge in [-0.2, -0.15) is 22.4 Å². The first-order valence-electron chi connectivity index (χ1n) is 21.6. The molecule has 4 heterocycles. The highest BCUT2D eigenvalue weighted by molar-refractivity contribution is 8.15. The summed E-state index contributed by atoms with van der Waals surface area (Å²) in [6.07, 6.45) is 5.62. The predicted octanol–water partition coefficient (Wildman–Crippen LogP) is 8.69. The molecule has 3 aliphatic rings. The molecule has 5 aromatic rings. The standard InChI is InChI=1S/C47H52Cl2F3N7O4S3/c1-32-9-11-33(12-10-32)38-8-6-5-7-34(38)27-57-21-17-35(18-22-57)58-23-19-39-42(28-58)53-31-54-45(39)55-65(60,61)37-14-16-43(44(26-37)66(4,62,63)47(50,51)52)59-29-46(59,20-24-56(2)3)30-64-36-13-15-40(48)41(49)25-36/h5-16,25-26,35H,17-24,27-30H2,1-4H3,(H,62,63)/p+1. The third-order valence-electron chi connectivity index (χ3n) is 13.0. The lowest BCUT2D eigenvalue weighted by molar-refractivity contribution is -0.317. The minimum atomic E-state index is -6.71. The molecule has 11 nitrogen and oxygen atoms in total. The summed E-state index contributed by atoms with van der Waals surface area (Å²) in [6, 6.07) is 25.6. The van der Waals surface area contributed by atoms with Crippen molar-refractivity contribution in [2.24, 2.45) is 0 Å². The van der Waals surface area contributed by atoms with Gasteiger partial charge in [-0.15, -0.1) is 11.8 Å². The van der Waals surface area contributed by atoms with E-state index < -0.39 is 40.2 Å². The van der Waals surface area contributed by atoms with Gasteiger partial charge in [0.25, 0.3) is 15.8 Å². The van der Waals surface area contributed by atoms with E-state index in [1.54, 1.807) is 23.1 Å². The van der Waals surface area contributed by atoms with Crippen LogP contribution in [0.5, 0.6) is 0 Å². The van der Waals surface area contributed by atoms with E-state index in [2.05, 4.69) is 86.3 Å². The molecule has 1 aromatic heterocycles. The van der Waals surface area contributed by atoms with Crippen molar-refractivity contribution in [1.82, 2.24) is 19.7 Å². The average molecular weight is 1000 g/mol. The lowest BCUT2D eigenvalue weighted by atomic mass is 9.96. The summed E-state index contributed by atoms with van der Waals surface area (Å²) in [7, 11) is -7.61. The number of benzene rings is 4. The summed E-state index contributed by atoms with van der Waals surface area (Å²) >= 11 is 13.8. The van der Waals surface area contributed by atoms with Crippen LogP contribution in [0.4, 0.5) is 24.7 Å². The number of rotatable bonds is 15. The van der Waals surface area contributed by atoms with Crippen molar-refractivity contribution in [2.75, 3.05) is 68.4 Å². The third-order valence-corrected chi connectivity index (χ3v) is 18.8. The molecular formula is C47H53Cl2F3N7O4S3+. The molecule has 0 bridgehead atoms. The van der Waals surface area contributed by atoms with Crippen LogP contribution >= 0.6 is 35.0 Å². The number of hydrogen-bond donors (Lipinski definition) is 2. The van der Waals surface area contributed by atoms with Gasteiger partial charge in [-0.25, -0.2) is 13.1 Å². The Bertz CT molecular complexity index is 2790. The van der Waals surface area contributed by atoms with E-state index in [1.807, 2.05) is 19.0 Å². The van der Waals surface area contributed by atoms with Gasteiger partial charge in [0, 0.05) is 47.6 Å². The first kappa shape index (κ1) is 48.5. The number of thioether (sulfide) groups is 1. The lowest BCUT2D eigenvalue weighted by Crippen LogP contribution is -2.47. The largest absolute Gasteiger partial charge is 0.496 e. The van der Waals surface area contributed by atoms with E-state index in [-0.39, 0.29) is 30.3 Å². The van der Waals surface area contributed by atoms with Gasteiger partial charge in [-0.3, -0.25) is 14.4 Å². The molecule has 4 aromatic carbocycles. The molecule has 0 amide bonds. The second-order valence-electron chi connectivity index (χ2n) is 18.0. The fourth-order valence-electron chi connectivity index (χ4n) is 8.89. The number of sulfonamides is 1. The number of fused-ring (bicyclic) bond motifs is 1. The quantitative estimate of drug-likeness (QED) is 0.0774. The Balaban J connectivity index is 0.984. The Labute approximate surface area is 399 Å². The minimum Gasteiger partial charge on any atom is -0.359 e. The van der Waals surface area contributed by atoms with E-state index in [1.165, 1.54) is 40.1 Å². The fourth-order valence-corrected chi connectivity index (χ4v) is 12.9. The van der Waals surface area contributed by atoms with Crippen LogP contribution in [-0.2, 0) is 38.9 Å². The molecule has 3 aliphatic heterocycles. The number of aryl methyl sites for hydroxylation is 1. The summed E-state index contributed by atoms with van der Waals surface area (Å²) in [4.78, 5) is 16.1. The van der Waals surface area contributed by atoms with Crippen molar-refractivity contribution in [3.05, 3.63) is 124 Å². The first-order valence-corrected chi connectivity index (χ1v) is 27.2. The molecule has 2 saturated heterocycles. The van der Waals surface area contributed by atoms with Gasteiger partial charge in [-0.1, -0.05) is 86.6 Å². The Kier molecular flexibility index (Phi) is 13.6. The van der Waals surface area contributed by atoms with Crippen molar-refractivity contribution in [3.8, 4) is 11.1 Å². The number of alkyl halides is 3. The molecule has 0 saturated carbocycles. The van der Waals surface area contributed by atoms with E-state index in [0.717, 1.165) is 43.4 Å². The Morgan fingerprint density at radius 2 is 1.74 bits per heavy atom. The maximum absolute atomic E-state index is 14.8. The molecule has 0 radical (unpaired) electrons. The van der Waals surface area contributed by atoms with Crippen LogP contribution in [0.2, 0.25) is 10.0 Å². The number of anilines is 2. The SMILES string of the molecule is Cc1ccc(-c2ccccc2CN2CCC(N3CCc4c(NS(=O)(=O)c5ccc(N6CC6(CCN(C)C)CSc6ccc(Cl)c(Cl)c6)c(S(C)(=O)(O)C(F)(F)F)c5)nc#[n+]c4C3)CC2)cc1. The molecule has 352 valence electrons. The first-order chi connectivity index (χ1) is 31.1. The van der Waals surface area contributed by atoms with Gasteiger partial charge in [0.1, 0.15) is 0 Å². The summed E-state index contributed by atoms with van der Waals surface area (Å²) in [5.74, 6) is 0.359. The number of nitrogens with one attached hydrogen (secondary N) is 1. The Morgan fingerprint density at radius 1 is 1.02 bits per heavy atom. The van der Waals surface area contributed by atoms with Gasteiger partial charge in [0.15, 0.2) is 0 Å². The van der Waals surface area contributed by atoms with Crippen LogP contribution in [0.1, 0.15) is 41.6 Å². The van der Waals surface area contributed by atoms with E-state index in [9.17, 15) is 30.4 Å². The lowest BCUT2D eigenvalue weighted by Gasteiger charge is -2.42. The van der Waals surface area contributed by atoms with Crippen LogP contribution < -0.4 is 14.6 Å². The zero-order valence-corrected chi connectivity index (χ0v) is 41.1. The molecular weight excluding hydrogens is 951 g/mol. The van der Waals surface area contributed by atoms with Gasteiger partial charge >= 0.3 is 11.8 Å². The Hall–Kier alpha value is -3.96.